The van der Waals surface area contributed by atoms with Crippen molar-refractivity contribution in [1.29, 1.82) is 0 Å². The van der Waals surface area contributed by atoms with Gasteiger partial charge in [0.1, 0.15) is 0 Å². The summed E-state index contributed by atoms with van der Waals surface area (Å²) in [4.78, 5) is 23.1. The maximum atomic E-state index is 12.8. The van der Waals surface area contributed by atoms with Gasteiger partial charge in [0.2, 0.25) is 5.91 Å². The summed E-state index contributed by atoms with van der Waals surface area (Å²) < 4.78 is 38.3. The van der Waals surface area contributed by atoms with E-state index in [9.17, 15) is 22.8 Å². The van der Waals surface area contributed by atoms with Crippen molar-refractivity contribution in [2.75, 3.05) is 0 Å². The number of amides is 1. The Hall–Kier alpha value is -2.05. The zero-order valence-corrected chi connectivity index (χ0v) is 12.8. The van der Waals surface area contributed by atoms with Crippen LogP contribution in [0, 0.1) is 11.8 Å². The van der Waals surface area contributed by atoms with Gasteiger partial charge in [0.15, 0.2) is 0 Å². The second-order valence-corrected chi connectivity index (χ2v) is 6.63. The number of hydrogen-bond acceptors (Lipinski definition) is 2. The van der Waals surface area contributed by atoms with Crippen molar-refractivity contribution in [2.24, 2.45) is 11.8 Å². The Labute approximate surface area is 137 Å². The number of carboxylic acid groups (broad SMARTS) is 1. The van der Waals surface area contributed by atoms with E-state index in [1.165, 1.54) is 6.07 Å². The van der Waals surface area contributed by atoms with Gasteiger partial charge in [-0.15, -0.1) is 0 Å². The number of benzene rings is 1. The lowest BCUT2D eigenvalue weighted by molar-refractivity contribution is -0.141. The number of aliphatic carboxylic acids is 1. The van der Waals surface area contributed by atoms with Crippen molar-refractivity contribution < 1.29 is 27.9 Å². The molecule has 2 aliphatic rings. The SMILES string of the molecule is O=C(N[C@H]1CC[C@@H](C(=O)O)C1)C1CC1c1cccc(C(F)(F)F)c1. The molecule has 130 valence electrons. The minimum Gasteiger partial charge on any atom is -0.481 e. The van der Waals surface area contributed by atoms with E-state index in [2.05, 4.69) is 5.32 Å². The summed E-state index contributed by atoms with van der Waals surface area (Å²) >= 11 is 0. The lowest BCUT2D eigenvalue weighted by atomic mass is 10.0. The fourth-order valence-electron chi connectivity index (χ4n) is 3.44. The minimum atomic E-state index is -4.39. The molecule has 0 aromatic heterocycles. The smallest absolute Gasteiger partial charge is 0.416 e. The second-order valence-electron chi connectivity index (χ2n) is 6.63. The van der Waals surface area contributed by atoms with Crippen LogP contribution in [0.4, 0.5) is 13.2 Å². The molecule has 0 spiro atoms. The number of hydrogen-bond donors (Lipinski definition) is 2. The fourth-order valence-corrected chi connectivity index (χ4v) is 3.44. The first kappa shape index (κ1) is 16.8. The van der Waals surface area contributed by atoms with Crippen molar-refractivity contribution in [3.63, 3.8) is 0 Å². The number of carboxylic acids is 1. The number of halogens is 3. The number of carbonyl (C=O) groups excluding carboxylic acids is 1. The Bertz CT molecular complexity index is 659. The molecule has 0 aliphatic heterocycles. The molecule has 24 heavy (non-hydrogen) atoms. The third kappa shape index (κ3) is 3.55. The summed E-state index contributed by atoms with van der Waals surface area (Å²) in [5.74, 6) is -1.97. The van der Waals surface area contributed by atoms with E-state index in [0.717, 1.165) is 12.1 Å². The highest BCUT2D eigenvalue weighted by molar-refractivity contribution is 5.83. The predicted molar refractivity (Wildman–Crippen MR) is 79.2 cm³/mol. The molecule has 0 heterocycles. The van der Waals surface area contributed by atoms with Crippen molar-refractivity contribution in [3.05, 3.63) is 35.4 Å². The number of carbonyl (C=O) groups is 2. The Morgan fingerprint density at radius 3 is 2.54 bits per heavy atom. The molecule has 2 fully saturated rings. The average Bonchev–Trinajstić information content (AvgIpc) is 3.19. The van der Waals surface area contributed by atoms with Gasteiger partial charge < -0.3 is 10.4 Å². The average molecular weight is 341 g/mol. The van der Waals surface area contributed by atoms with E-state index in [4.69, 9.17) is 5.11 Å². The largest absolute Gasteiger partial charge is 0.481 e. The van der Waals surface area contributed by atoms with Crippen molar-refractivity contribution in [2.45, 2.75) is 43.8 Å². The lowest BCUT2D eigenvalue weighted by Crippen LogP contribution is -2.34. The predicted octanol–water partition coefficient (Wildman–Crippen LogP) is 3.18. The number of nitrogens with one attached hydrogen (secondary N) is 1. The molecule has 4 atom stereocenters. The van der Waals surface area contributed by atoms with Crippen molar-refractivity contribution in [1.82, 2.24) is 5.32 Å². The Balaban J connectivity index is 1.57. The summed E-state index contributed by atoms with van der Waals surface area (Å²) in [7, 11) is 0. The molecule has 2 unspecified atom stereocenters. The molecule has 2 N–H and O–H groups in total. The molecule has 2 aliphatic carbocycles. The van der Waals surface area contributed by atoms with Crippen molar-refractivity contribution >= 4 is 11.9 Å². The van der Waals surface area contributed by atoms with Gasteiger partial charge in [-0.2, -0.15) is 13.2 Å². The van der Waals surface area contributed by atoms with Crippen LogP contribution < -0.4 is 5.32 Å². The van der Waals surface area contributed by atoms with Gasteiger partial charge in [-0.1, -0.05) is 18.2 Å². The first-order valence-corrected chi connectivity index (χ1v) is 7.96. The molecule has 4 nitrogen and oxygen atoms in total. The molecule has 0 bridgehead atoms. The topological polar surface area (TPSA) is 66.4 Å². The van der Waals surface area contributed by atoms with E-state index in [1.54, 1.807) is 6.07 Å². The standard InChI is InChI=1S/C17H18F3NO3/c18-17(19,20)11-3-1-2-9(6-11)13-8-14(13)15(22)21-12-5-4-10(7-12)16(23)24/h1-3,6,10,12-14H,4-5,7-8H2,(H,21,22)(H,23,24)/t10-,12+,13?,14?/m1/s1. The van der Waals surface area contributed by atoms with Gasteiger partial charge >= 0.3 is 12.1 Å². The van der Waals surface area contributed by atoms with E-state index in [1.807, 2.05) is 0 Å². The van der Waals surface area contributed by atoms with E-state index in [-0.39, 0.29) is 23.8 Å². The maximum absolute atomic E-state index is 12.8. The molecule has 0 radical (unpaired) electrons. The van der Waals surface area contributed by atoms with Gasteiger partial charge in [-0.05, 0) is 43.2 Å². The summed E-state index contributed by atoms with van der Waals surface area (Å²) in [6.07, 6.45) is -2.27. The van der Waals surface area contributed by atoms with Crippen LogP contribution in [0.15, 0.2) is 24.3 Å². The van der Waals surface area contributed by atoms with Crippen LogP contribution >= 0.6 is 0 Å². The zero-order chi connectivity index (χ0) is 17.5. The van der Waals surface area contributed by atoms with Crippen molar-refractivity contribution in [3.8, 4) is 0 Å². The van der Waals surface area contributed by atoms with Gasteiger partial charge in [-0.3, -0.25) is 9.59 Å². The third-order valence-electron chi connectivity index (χ3n) is 4.90. The van der Waals surface area contributed by atoms with E-state index < -0.39 is 23.6 Å². The first-order valence-electron chi connectivity index (χ1n) is 7.96. The molecule has 7 heteroatoms. The monoisotopic (exact) mass is 341 g/mol. The molecular weight excluding hydrogens is 323 g/mol. The van der Waals surface area contributed by atoms with Crippen LogP contribution in [0.2, 0.25) is 0 Å². The van der Waals surface area contributed by atoms with Crippen LogP contribution in [0.25, 0.3) is 0 Å². The summed E-state index contributed by atoms with van der Waals surface area (Å²) in [6, 6.07) is 4.95. The van der Waals surface area contributed by atoms with Crippen LogP contribution in [0.1, 0.15) is 42.7 Å². The minimum absolute atomic E-state index is 0.152. The molecule has 1 aromatic carbocycles. The highest BCUT2D eigenvalue weighted by Crippen LogP contribution is 2.48. The molecular formula is C17H18F3NO3. The fraction of sp³-hybridized carbons (Fsp3) is 0.529. The zero-order valence-electron chi connectivity index (χ0n) is 12.8. The second kappa shape index (κ2) is 6.11. The number of rotatable bonds is 4. The van der Waals surface area contributed by atoms with Gasteiger partial charge in [0, 0.05) is 12.0 Å². The quantitative estimate of drug-likeness (QED) is 0.884. The van der Waals surface area contributed by atoms with Crippen LogP contribution in [-0.2, 0) is 15.8 Å². The van der Waals surface area contributed by atoms with Crippen LogP contribution in [0.3, 0.4) is 0 Å². The maximum Gasteiger partial charge on any atom is 0.416 e. The summed E-state index contributed by atoms with van der Waals surface area (Å²) in [5, 5.41) is 11.8. The molecule has 2 saturated carbocycles. The molecule has 1 aromatic rings. The highest BCUT2D eigenvalue weighted by Gasteiger charge is 2.45. The first-order chi connectivity index (χ1) is 11.3. The molecule has 0 saturated heterocycles. The van der Waals surface area contributed by atoms with Gasteiger partial charge in [-0.25, -0.2) is 0 Å². The molecule has 1 amide bonds. The van der Waals surface area contributed by atoms with Gasteiger partial charge in [0.25, 0.3) is 0 Å². The van der Waals surface area contributed by atoms with Crippen LogP contribution in [-0.4, -0.2) is 23.0 Å². The number of alkyl halides is 3. The Morgan fingerprint density at radius 2 is 1.92 bits per heavy atom. The lowest BCUT2D eigenvalue weighted by Gasteiger charge is -2.12. The third-order valence-corrected chi connectivity index (χ3v) is 4.90. The molecule has 3 rings (SSSR count). The highest BCUT2D eigenvalue weighted by atomic mass is 19.4. The Kier molecular flexibility index (Phi) is 4.27. The summed E-state index contributed by atoms with van der Waals surface area (Å²) in [6.45, 7) is 0. The van der Waals surface area contributed by atoms with Gasteiger partial charge in [0.05, 0.1) is 11.5 Å². The van der Waals surface area contributed by atoms with E-state index >= 15 is 0 Å². The van der Waals surface area contributed by atoms with Crippen LogP contribution in [0.5, 0.6) is 0 Å². The Morgan fingerprint density at radius 1 is 1.17 bits per heavy atom. The summed E-state index contributed by atoms with van der Waals surface area (Å²) in [5.41, 5.74) is -0.175. The van der Waals surface area contributed by atoms with E-state index in [0.29, 0.717) is 31.2 Å². The normalized spacial score (nSPS) is 29.3.